The van der Waals surface area contributed by atoms with Gasteiger partial charge in [-0.05, 0) is 44.9 Å². The fourth-order valence-corrected chi connectivity index (χ4v) is 3.39. The number of hydrogen-bond donors (Lipinski definition) is 2. The minimum absolute atomic E-state index is 0.145. The molecule has 0 heterocycles. The predicted molar refractivity (Wildman–Crippen MR) is 151 cm³/mol. The van der Waals surface area contributed by atoms with Crippen molar-refractivity contribution in [2.24, 2.45) is 0 Å². The van der Waals surface area contributed by atoms with E-state index in [1.807, 2.05) is 12.2 Å². The Morgan fingerprint density at radius 3 is 1.76 bits per heavy atom. The monoisotopic (exact) mass is 520 g/mol. The lowest BCUT2D eigenvalue weighted by atomic mass is 10.1. The largest absolute Gasteiger partial charge is 0.463 e. The van der Waals surface area contributed by atoms with Gasteiger partial charge in [0.05, 0.1) is 6.10 Å². The first-order valence-electron chi connectivity index (χ1n) is 14.3. The maximum absolute atomic E-state index is 11.8. The van der Waals surface area contributed by atoms with E-state index < -0.39 is 6.10 Å². The maximum Gasteiger partial charge on any atom is 0.305 e. The minimum Gasteiger partial charge on any atom is -0.463 e. The highest BCUT2D eigenvalue weighted by molar-refractivity contribution is 5.69. The Labute approximate surface area is 225 Å². The molecule has 0 spiro atoms. The zero-order valence-electron chi connectivity index (χ0n) is 23.3. The molecule has 2 atom stereocenters. The third kappa shape index (κ3) is 26.7. The number of rotatable bonds is 24. The summed E-state index contributed by atoms with van der Waals surface area (Å²) in [4.78, 5) is 23.4. The fraction of sp³-hybridized carbons (Fsp3) is 0.677. The van der Waals surface area contributed by atoms with Gasteiger partial charge >= 0.3 is 11.9 Å². The molecule has 0 saturated heterocycles. The van der Waals surface area contributed by atoms with Crippen molar-refractivity contribution in [2.75, 3.05) is 13.2 Å². The van der Waals surface area contributed by atoms with Crippen LogP contribution in [0, 0.1) is 0 Å². The van der Waals surface area contributed by atoms with Gasteiger partial charge in [0.1, 0.15) is 19.3 Å². The predicted octanol–water partition coefficient (Wildman–Crippen LogP) is 6.91. The number of ether oxygens (including phenoxy) is 2. The summed E-state index contributed by atoms with van der Waals surface area (Å²) < 4.78 is 10.1. The number of carbonyl (C=O) groups is 2. The van der Waals surface area contributed by atoms with E-state index in [1.54, 1.807) is 0 Å². The number of allylic oxidation sites excluding steroid dienone is 7. The van der Waals surface area contributed by atoms with Gasteiger partial charge in [-0.25, -0.2) is 0 Å². The number of carbonyl (C=O) groups excluding carboxylic acids is 2. The van der Waals surface area contributed by atoms with Crippen molar-refractivity contribution in [3.63, 3.8) is 0 Å². The molecule has 0 aromatic carbocycles. The van der Waals surface area contributed by atoms with Crippen molar-refractivity contribution in [2.45, 2.75) is 122 Å². The van der Waals surface area contributed by atoms with E-state index >= 15 is 0 Å². The van der Waals surface area contributed by atoms with Gasteiger partial charge in [-0.2, -0.15) is 0 Å². The van der Waals surface area contributed by atoms with E-state index in [2.05, 4.69) is 50.3 Å². The Kier molecular flexibility index (Phi) is 25.3. The van der Waals surface area contributed by atoms with Crippen LogP contribution in [0.1, 0.15) is 110 Å². The average molecular weight is 521 g/mol. The molecule has 0 aliphatic rings. The lowest BCUT2D eigenvalue weighted by molar-refractivity contribution is -0.152. The molecule has 37 heavy (non-hydrogen) atoms. The summed E-state index contributed by atoms with van der Waals surface area (Å²) >= 11 is 0. The molecule has 0 fully saturated rings. The van der Waals surface area contributed by atoms with Crippen LogP contribution in [0.5, 0.6) is 0 Å². The molecule has 0 unspecified atom stereocenters. The van der Waals surface area contributed by atoms with Gasteiger partial charge in [0.15, 0.2) is 0 Å². The standard InChI is InChI=1S/C31H52O6/c1-3-5-7-16-20-24-30(34)36-26-29(33)27-37-31(35)25-21-18-15-13-11-9-8-10-12-14-17-19-23-28(32)22-6-4-2/h8-9,12-15,19,23,28-29,32-33H,3-7,10-11,16-18,20-22,24-27H2,1-2H3/b9-8-,14-12-,15-13-,23-19-/t28-,29-/m0/s1. The van der Waals surface area contributed by atoms with Crippen LogP contribution in [0.4, 0.5) is 0 Å². The summed E-state index contributed by atoms with van der Waals surface area (Å²) in [5.41, 5.74) is 0. The number of esters is 2. The van der Waals surface area contributed by atoms with Gasteiger partial charge in [-0.1, -0.05) is 101 Å². The highest BCUT2D eigenvalue weighted by Gasteiger charge is 2.11. The second-order valence-corrected chi connectivity index (χ2v) is 9.34. The molecule has 0 aliphatic carbocycles. The van der Waals surface area contributed by atoms with Gasteiger partial charge in [0.25, 0.3) is 0 Å². The summed E-state index contributed by atoms with van der Waals surface area (Å²) in [6, 6.07) is 0. The van der Waals surface area contributed by atoms with Gasteiger partial charge in [-0.3, -0.25) is 9.59 Å². The van der Waals surface area contributed by atoms with E-state index in [1.165, 1.54) is 6.42 Å². The van der Waals surface area contributed by atoms with Crippen LogP contribution < -0.4 is 0 Å². The molecule has 0 rings (SSSR count). The molecule has 6 nitrogen and oxygen atoms in total. The Bertz CT molecular complexity index is 665. The van der Waals surface area contributed by atoms with E-state index in [9.17, 15) is 19.8 Å². The molecule has 0 aliphatic heterocycles. The molecule has 0 amide bonds. The lowest BCUT2D eigenvalue weighted by Gasteiger charge is -2.12. The van der Waals surface area contributed by atoms with Crippen molar-refractivity contribution in [3.8, 4) is 0 Å². The first kappa shape index (κ1) is 34.8. The molecule has 0 aromatic heterocycles. The van der Waals surface area contributed by atoms with Crippen molar-refractivity contribution in [1.82, 2.24) is 0 Å². The molecule has 0 saturated carbocycles. The summed E-state index contributed by atoms with van der Waals surface area (Å²) in [7, 11) is 0. The lowest BCUT2D eigenvalue weighted by Crippen LogP contribution is -2.25. The van der Waals surface area contributed by atoms with Crippen LogP contribution in [0.25, 0.3) is 0 Å². The van der Waals surface area contributed by atoms with Crippen LogP contribution in [0.2, 0.25) is 0 Å². The average Bonchev–Trinajstić information content (AvgIpc) is 2.89. The molecular formula is C31H52O6. The third-order valence-corrected chi connectivity index (χ3v) is 5.64. The molecule has 6 heteroatoms. The molecule has 2 N–H and O–H groups in total. The van der Waals surface area contributed by atoms with Crippen molar-refractivity contribution >= 4 is 11.9 Å². The Hall–Kier alpha value is -2.18. The zero-order chi connectivity index (χ0) is 27.4. The highest BCUT2D eigenvalue weighted by atomic mass is 16.6. The first-order valence-corrected chi connectivity index (χ1v) is 14.3. The van der Waals surface area contributed by atoms with Gasteiger partial charge in [0.2, 0.25) is 0 Å². The summed E-state index contributed by atoms with van der Waals surface area (Å²) in [6.07, 6.45) is 28.1. The van der Waals surface area contributed by atoms with Crippen LogP contribution in [-0.4, -0.2) is 47.6 Å². The van der Waals surface area contributed by atoms with Crippen LogP contribution in [0.15, 0.2) is 48.6 Å². The molecule has 0 aromatic rings. The van der Waals surface area contributed by atoms with Gasteiger partial charge in [0, 0.05) is 12.8 Å². The Morgan fingerprint density at radius 1 is 0.649 bits per heavy atom. The van der Waals surface area contributed by atoms with Crippen molar-refractivity contribution in [1.29, 1.82) is 0 Å². The smallest absolute Gasteiger partial charge is 0.305 e. The topological polar surface area (TPSA) is 93.1 Å². The first-order chi connectivity index (χ1) is 18.0. The van der Waals surface area contributed by atoms with Crippen LogP contribution >= 0.6 is 0 Å². The Balaban J connectivity index is 3.66. The third-order valence-electron chi connectivity index (χ3n) is 5.64. The number of aliphatic hydroxyl groups excluding tert-OH is 2. The van der Waals surface area contributed by atoms with Crippen LogP contribution in [-0.2, 0) is 19.1 Å². The molecule has 0 bridgehead atoms. The second kappa shape index (κ2) is 26.9. The maximum atomic E-state index is 11.8. The van der Waals surface area contributed by atoms with E-state index in [0.717, 1.165) is 70.6 Å². The van der Waals surface area contributed by atoms with E-state index in [0.29, 0.717) is 19.3 Å². The number of unbranched alkanes of at least 4 members (excludes halogenated alkanes) is 6. The number of aliphatic hydroxyl groups is 2. The van der Waals surface area contributed by atoms with Crippen LogP contribution in [0.3, 0.4) is 0 Å². The van der Waals surface area contributed by atoms with Crippen molar-refractivity contribution in [3.05, 3.63) is 48.6 Å². The van der Waals surface area contributed by atoms with Crippen molar-refractivity contribution < 1.29 is 29.3 Å². The quantitative estimate of drug-likeness (QED) is 0.0816. The van der Waals surface area contributed by atoms with Gasteiger partial charge < -0.3 is 19.7 Å². The normalized spacial score (nSPS) is 13.7. The summed E-state index contributed by atoms with van der Waals surface area (Å²) in [6.45, 7) is 3.96. The fourth-order valence-electron chi connectivity index (χ4n) is 3.39. The summed E-state index contributed by atoms with van der Waals surface area (Å²) in [5, 5.41) is 19.6. The van der Waals surface area contributed by atoms with E-state index in [-0.39, 0.29) is 31.3 Å². The van der Waals surface area contributed by atoms with E-state index in [4.69, 9.17) is 9.47 Å². The SMILES string of the molecule is CCCCCCCC(=O)OC[C@H](O)COC(=O)CCC/C=C\C/C=C\C/C=C\C/C=C\[C@@H](O)CCCC. The molecule has 0 radical (unpaired) electrons. The zero-order valence-corrected chi connectivity index (χ0v) is 23.3. The minimum atomic E-state index is -0.991. The number of hydrogen-bond acceptors (Lipinski definition) is 6. The highest BCUT2D eigenvalue weighted by Crippen LogP contribution is 2.06. The Morgan fingerprint density at radius 2 is 1.16 bits per heavy atom. The molecular weight excluding hydrogens is 468 g/mol. The van der Waals surface area contributed by atoms with Gasteiger partial charge in [-0.15, -0.1) is 0 Å². The second-order valence-electron chi connectivity index (χ2n) is 9.34. The summed E-state index contributed by atoms with van der Waals surface area (Å²) in [5.74, 6) is -0.672. The molecule has 212 valence electrons.